The van der Waals surface area contributed by atoms with Crippen molar-refractivity contribution in [2.24, 2.45) is 5.92 Å². The van der Waals surface area contributed by atoms with Crippen molar-refractivity contribution in [3.8, 4) is 11.5 Å². The number of hydrogen-bond donors (Lipinski definition) is 2. The number of nitrogens with zero attached hydrogens (tertiary/aromatic N) is 2. The zero-order valence-corrected chi connectivity index (χ0v) is 12.7. The first-order valence-electron chi connectivity index (χ1n) is 7.38. The molecule has 0 radical (unpaired) electrons. The maximum absolute atomic E-state index is 12.2. The van der Waals surface area contributed by atoms with Gasteiger partial charge in [-0.15, -0.1) is 0 Å². The van der Waals surface area contributed by atoms with E-state index < -0.39 is 0 Å². The monoisotopic (exact) mass is 292 g/mol. The van der Waals surface area contributed by atoms with E-state index in [-0.39, 0.29) is 29.4 Å². The molecule has 1 aromatic carbocycles. The van der Waals surface area contributed by atoms with Crippen LogP contribution in [0.3, 0.4) is 0 Å². The molecule has 0 aromatic heterocycles. The van der Waals surface area contributed by atoms with Crippen LogP contribution in [0.2, 0.25) is 0 Å². The molecule has 2 rings (SSSR count). The Balaban J connectivity index is 1.87. The summed E-state index contributed by atoms with van der Waals surface area (Å²) >= 11 is 0. The average Bonchev–Trinajstić information content (AvgIpc) is 2.41. The highest BCUT2D eigenvalue weighted by Crippen LogP contribution is 2.23. The van der Waals surface area contributed by atoms with Gasteiger partial charge in [-0.05, 0) is 58.1 Å². The quantitative estimate of drug-likeness (QED) is 0.806. The first kappa shape index (κ1) is 15.8. The SMILES string of the molecule is CN1CCC(CN(C)CC(=O)c2ccc(O)cc2O)CC1. The normalized spacial score (nSPS) is 17.3. The van der Waals surface area contributed by atoms with E-state index in [4.69, 9.17) is 0 Å². The number of likely N-dealkylation sites (N-methyl/N-ethyl adjacent to an activating group) is 1. The molecule has 0 aliphatic carbocycles. The molecule has 5 nitrogen and oxygen atoms in total. The number of hydrogen-bond acceptors (Lipinski definition) is 5. The van der Waals surface area contributed by atoms with Gasteiger partial charge in [0.2, 0.25) is 0 Å². The van der Waals surface area contributed by atoms with Gasteiger partial charge in [-0.1, -0.05) is 0 Å². The summed E-state index contributed by atoms with van der Waals surface area (Å²) in [5.74, 6) is 0.312. The van der Waals surface area contributed by atoms with Crippen LogP contribution in [-0.4, -0.2) is 66.1 Å². The predicted octanol–water partition coefficient (Wildman–Crippen LogP) is 1.55. The first-order chi connectivity index (χ1) is 9.95. The second-order valence-electron chi connectivity index (χ2n) is 6.07. The van der Waals surface area contributed by atoms with Gasteiger partial charge in [0.1, 0.15) is 11.5 Å². The molecule has 0 unspecified atom stereocenters. The van der Waals surface area contributed by atoms with Gasteiger partial charge in [-0.3, -0.25) is 9.69 Å². The molecule has 1 aromatic rings. The molecule has 21 heavy (non-hydrogen) atoms. The minimum Gasteiger partial charge on any atom is -0.508 e. The lowest BCUT2D eigenvalue weighted by atomic mass is 9.96. The Morgan fingerprint density at radius 2 is 2.00 bits per heavy atom. The molecule has 0 saturated carbocycles. The number of piperidine rings is 1. The van der Waals surface area contributed by atoms with Crippen LogP contribution in [0.5, 0.6) is 11.5 Å². The minimum atomic E-state index is -0.160. The predicted molar refractivity (Wildman–Crippen MR) is 81.8 cm³/mol. The molecule has 1 fully saturated rings. The number of phenols is 2. The van der Waals surface area contributed by atoms with Crippen molar-refractivity contribution in [2.45, 2.75) is 12.8 Å². The third-order valence-corrected chi connectivity index (χ3v) is 4.10. The van der Waals surface area contributed by atoms with Crippen molar-refractivity contribution in [1.82, 2.24) is 9.80 Å². The second-order valence-corrected chi connectivity index (χ2v) is 6.07. The summed E-state index contributed by atoms with van der Waals surface area (Å²) in [6.07, 6.45) is 2.33. The summed E-state index contributed by atoms with van der Waals surface area (Å²) < 4.78 is 0. The number of carbonyl (C=O) groups is 1. The standard InChI is InChI=1S/C16H24N2O3/c1-17-7-5-12(6-8-17)10-18(2)11-16(21)14-4-3-13(19)9-15(14)20/h3-4,9,12,19-20H,5-8,10-11H2,1-2H3. The number of ketones is 1. The van der Waals surface area contributed by atoms with Gasteiger partial charge >= 0.3 is 0 Å². The van der Waals surface area contributed by atoms with Crippen LogP contribution in [-0.2, 0) is 0 Å². The number of likely N-dealkylation sites (tertiary alicyclic amines) is 1. The Hall–Kier alpha value is -1.59. The lowest BCUT2D eigenvalue weighted by Crippen LogP contribution is -2.37. The molecule has 0 amide bonds. The molecule has 1 aliphatic rings. The van der Waals surface area contributed by atoms with Gasteiger partial charge in [0.25, 0.3) is 0 Å². The smallest absolute Gasteiger partial charge is 0.180 e. The molecule has 1 aliphatic heterocycles. The van der Waals surface area contributed by atoms with Gasteiger partial charge in [0, 0.05) is 12.6 Å². The van der Waals surface area contributed by atoms with Crippen LogP contribution in [0.25, 0.3) is 0 Å². The molecular weight excluding hydrogens is 268 g/mol. The third-order valence-electron chi connectivity index (χ3n) is 4.10. The minimum absolute atomic E-state index is 0.0382. The van der Waals surface area contributed by atoms with Gasteiger partial charge in [-0.2, -0.15) is 0 Å². The van der Waals surface area contributed by atoms with Gasteiger partial charge < -0.3 is 15.1 Å². The lowest BCUT2D eigenvalue weighted by molar-refractivity contribution is 0.0922. The van der Waals surface area contributed by atoms with Gasteiger partial charge in [-0.25, -0.2) is 0 Å². The van der Waals surface area contributed by atoms with Crippen molar-refractivity contribution in [3.05, 3.63) is 23.8 Å². The van der Waals surface area contributed by atoms with Crippen LogP contribution >= 0.6 is 0 Å². The number of phenolic OH excluding ortho intramolecular Hbond substituents is 2. The summed E-state index contributed by atoms with van der Waals surface area (Å²) in [7, 11) is 4.07. The molecule has 1 heterocycles. The van der Waals surface area contributed by atoms with E-state index in [1.54, 1.807) is 0 Å². The molecule has 2 N–H and O–H groups in total. The summed E-state index contributed by atoms with van der Waals surface area (Å²) in [6.45, 7) is 3.42. The fourth-order valence-electron chi connectivity index (χ4n) is 2.84. The molecular formula is C16H24N2O3. The molecule has 1 saturated heterocycles. The Morgan fingerprint density at radius 3 is 2.62 bits per heavy atom. The highest BCUT2D eigenvalue weighted by atomic mass is 16.3. The average molecular weight is 292 g/mol. The van der Waals surface area contributed by atoms with Crippen molar-refractivity contribution < 1.29 is 15.0 Å². The Bertz CT molecular complexity index is 496. The maximum atomic E-state index is 12.2. The fourth-order valence-corrected chi connectivity index (χ4v) is 2.84. The van der Waals surface area contributed by atoms with Crippen LogP contribution in [0.1, 0.15) is 23.2 Å². The van der Waals surface area contributed by atoms with Crippen LogP contribution in [0.15, 0.2) is 18.2 Å². The van der Waals surface area contributed by atoms with Crippen molar-refractivity contribution in [1.29, 1.82) is 0 Å². The fraction of sp³-hybridized carbons (Fsp3) is 0.562. The summed E-state index contributed by atoms with van der Waals surface area (Å²) in [5.41, 5.74) is 0.267. The molecule has 0 bridgehead atoms. The van der Waals surface area contributed by atoms with E-state index in [2.05, 4.69) is 11.9 Å². The van der Waals surface area contributed by atoms with E-state index in [9.17, 15) is 15.0 Å². The van der Waals surface area contributed by atoms with Crippen LogP contribution in [0.4, 0.5) is 0 Å². The summed E-state index contributed by atoms with van der Waals surface area (Å²) in [4.78, 5) is 16.5. The highest BCUT2D eigenvalue weighted by Gasteiger charge is 2.20. The zero-order valence-electron chi connectivity index (χ0n) is 12.7. The van der Waals surface area contributed by atoms with Crippen LogP contribution in [0, 0.1) is 5.92 Å². The summed E-state index contributed by atoms with van der Waals surface area (Å²) in [6, 6.07) is 4.09. The molecule has 0 spiro atoms. The number of carbonyl (C=O) groups excluding carboxylic acids is 1. The van der Waals surface area contributed by atoms with Crippen molar-refractivity contribution in [3.63, 3.8) is 0 Å². The third kappa shape index (κ3) is 4.44. The van der Waals surface area contributed by atoms with Crippen molar-refractivity contribution >= 4 is 5.78 Å². The maximum Gasteiger partial charge on any atom is 0.180 e. The van der Waals surface area contributed by atoms with Gasteiger partial charge in [0.05, 0.1) is 12.1 Å². The molecule has 0 atom stereocenters. The summed E-state index contributed by atoms with van der Waals surface area (Å²) in [5, 5.41) is 19.0. The van der Waals surface area contributed by atoms with E-state index in [0.29, 0.717) is 5.92 Å². The van der Waals surface area contributed by atoms with Crippen LogP contribution < -0.4 is 0 Å². The lowest BCUT2D eigenvalue weighted by Gasteiger charge is -2.31. The topological polar surface area (TPSA) is 64.0 Å². The number of aromatic hydroxyl groups is 2. The first-order valence-corrected chi connectivity index (χ1v) is 7.38. The largest absolute Gasteiger partial charge is 0.508 e. The number of benzene rings is 1. The molecule has 5 heteroatoms. The zero-order chi connectivity index (χ0) is 15.4. The Morgan fingerprint density at radius 1 is 1.33 bits per heavy atom. The van der Waals surface area contributed by atoms with Gasteiger partial charge in [0.15, 0.2) is 5.78 Å². The molecule has 116 valence electrons. The van der Waals surface area contributed by atoms with Crippen molar-refractivity contribution in [2.75, 3.05) is 40.3 Å². The van der Waals surface area contributed by atoms with E-state index >= 15 is 0 Å². The Kier molecular flexibility index (Phi) is 5.20. The van der Waals surface area contributed by atoms with E-state index in [0.717, 1.165) is 19.6 Å². The van der Waals surface area contributed by atoms with E-state index in [1.807, 2.05) is 11.9 Å². The highest BCUT2D eigenvalue weighted by molar-refractivity contribution is 6.00. The number of Topliss-reactive ketones (excluding diaryl/α,β-unsaturated/α-hetero) is 1. The van der Waals surface area contributed by atoms with E-state index in [1.165, 1.54) is 31.0 Å². The Labute approximate surface area is 125 Å². The number of rotatable bonds is 5. The second kappa shape index (κ2) is 6.91.